The number of aliphatic hydroxyl groups excluding tert-OH is 1. The van der Waals surface area contributed by atoms with Crippen molar-refractivity contribution in [3.63, 3.8) is 0 Å². The Kier molecular flexibility index (Phi) is 7.14. The van der Waals surface area contributed by atoms with Crippen molar-refractivity contribution in [3.8, 4) is 11.5 Å². The van der Waals surface area contributed by atoms with Gasteiger partial charge >= 0.3 is 0 Å². The van der Waals surface area contributed by atoms with E-state index < -0.39 is 12.0 Å². The monoisotopic (exact) mass is 447 g/mol. The molecule has 7 nitrogen and oxygen atoms in total. The summed E-state index contributed by atoms with van der Waals surface area (Å²) in [6.07, 6.45) is -1.03. The van der Waals surface area contributed by atoms with Crippen molar-refractivity contribution in [2.24, 2.45) is 0 Å². The molecule has 2 aromatic carbocycles. The Balaban J connectivity index is 1.72. The van der Waals surface area contributed by atoms with Gasteiger partial charge in [0.2, 0.25) is 0 Å². The SMILES string of the molecule is COc1ccc(OC)c(C(O)CNC(=O)c2c(C)nn(Cc3ccc(F)cc3)c2Cl)c1. The number of carbonyl (C=O) groups is 1. The Morgan fingerprint density at radius 3 is 2.58 bits per heavy atom. The maximum absolute atomic E-state index is 13.1. The van der Waals surface area contributed by atoms with E-state index in [1.165, 1.54) is 31.0 Å². The smallest absolute Gasteiger partial charge is 0.256 e. The van der Waals surface area contributed by atoms with Gasteiger partial charge in [0.1, 0.15) is 28.6 Å². The predicted molar refractivity (Wildman–Crippen MR) is 114 cm³/mol. The van der Waals surface area contributed by atoms with Gasteiger partial charge in [-0.25, -0.2) is 9.07 Å². The molecule has 9 heteroatoms. The number of aryl methyl sites for hydroxylation is 1. The molecular weight excluding hydrogens is 425 g/mol. The van der Waals surface area contributed by atoms with E-state index in [2.05, 4.69) is 10.4 Å². The second kappa shape index (κ2) is 9.80. The minimum Gasteiger partial charge on any atom is -0.497 e. The molecule has 1 unspecified atom stereocenters. The van der Waals surface area contributed by atoms with Crippen molar-refractivity contribution in [1.82, 2.24) is 15.1 Å². The molecule has 1 aromatic heterocycles. The number of aromatic nitrogens is 2. The van der Waals surface area contributed by atoms with Crippen LogP contribution in [0.15, 0.2) is 42.5 Å². The molecule has 0 aliphatic heterocycles. The van der Waals surface area contributed by atoms with E-state index in [0.29, 0.717) is 22.8 Å². The number of hydrogen-bond donors (Lipinski definition) is 2. The van der Waals surface area contributed by atoms with Gasteiger partial charge in [0, 0.05) is 12.1 Å². The standard InChI is InChI=1S/C22H23ClFN3O4/c1-13-20(21(23)27(26-13)12-14-4-6-15(24)7-5-14)22(29)25-11-18(28)17-10-16(30-2)8-9-19(17)31-3/h4-10,18,28H,11-12H2,1-3H3,(H,25,29). The Hall–Kier alpha value is -3.10. The Labute approximate surface area is 184 Å². The van der Waals surface area contributed by atoms with Gasteiger partial charge in [-0.05, 0) is 42.8 Å². The third-order valence-corrected chi connectivity index (χ3v) is 5.17. The first-order chi connectivity index (χ1) is 14.8. The van der Waals surface area contributed by atoms with Crippen molar-refractivity contribution in [2.45, 2.75) is 19.6 Å². The van der Waals surface area contributed by atoms with Crippen LogP contribution in [0.2, 0.25) is 5.15 Å². The highest BCUT2D eigenvalue weighted by Crippen LogP contribution is 2.29. The molecule has 3 rings (SSSR count). The average molecular weight is 448 g/mol. The van der Waals surface area contributed by atoms with Gasteiger partial charge in [0.15, 0.2) is 0 Å². The van der Waals surface area contributed by atoms with E-state index in [1.54, 1.807) is 37.3 Å². The van der Waals surface area contributed by atoms with Crippen LogP contribution in [0.25, 0.3) is 0 Å². The van der Waals surface area contributed by atoms with Crippen LogP contribution in [0.5, 0.6) is 11.5 Å². The van der Waals surface area contributed by atoms with Crippen molar-refractivity contribution in [1.29, 1.82) is 0 Å². The van der Waals surface area contributed by atoms with E-state index in [4.69, 9.17) is 21.1 Å². The number of halogens is 2. The summed E-state index contributed by atoms with van der Waals surface area (Å²) >= 11 is 6.39. The molecule has 0 aliphatic carbocycles. The minimum atomic E-state index is -1.03. The zero-order valence-corrected chi connectivity index (χ0v) is 18.1. The maximum atomic E-state index is 13.1. The normalized spacial score (nSPS) is 11.8. The first-order valence-electron chi connectivity index (χ1n) is 9.49. The average Bonchev–Trinajstić information content (AvgIpc) is 3.05. The molecule has 0 saturated heterocycles. The molecule has 31 heavy (non-hydrogen) atoms. The third kappa shape index (κ3) is 5.15. The first-order valence-corrected chi connectivity index (χ1v) is 9.87. The number of methoxy groups -OCH3 is 2. The molecule has 164 valence electrons. The fraction of sp³-hybridized carbons (Fsp3) is 0.273. The Morgan fingerprint density at radius 1 is 1.23 bits per heavy atom. The van der Waals surface area contributed by atoms with E-state index in [0.717, 1.165) is 5.56 Å². The quantitative estimate of drug-likeness (QED) is 0.552. The summed E-state index contributed by atoms with van der Waals surface area (Å²) in [5, 5.41) is 17.7. The second-order valence-electron chi connectivity index (χ2n) is 6.87. The van der Waals surface area contributed by atoms with Crippen LogP contribution in [0.1, 0.15) is 33.3 Å². The van der Waals surface area contributed by atoms with Crippen LogP contribution >= 0.6 is 11.6 Å². The van der Waals surface area contributed by atoms with Crippen molar-refractivity contribution >= 4 is 17.5 Å². The summed E-state index contributed by atoms with van der Waals surface area (Å²) in [5.41, 5.74) is 1.93. The van der Waals surface area contributed by atoms with Crippen molar-refractivity contribution < 1.29 is 23.8 Å². The highest BCUT2D eigenvalue weighted by Gasteiger charge is 2.22. The molecule has 0 saturated carbocycles. The summed E-state index contributed by atoms with van der Waals surface area (Å²) in [5.74, 6) is 0.234. The highest BCUT2D eigenvalue weighted by molar-refractivity contribution is 6.33. The van der Waals surface area contributed by atoms with Crippen molar-refractivity contribution in [2.75, 3.05) is 20.8 Å². The highest BCUT2D eigenvalue weighted by atomic mass is 35.5. The van der Waals surface area contributed by atoms with Gasteiger partial charge < -0.3 is 19.9 Å². The molecule has 0 spiro atoms. The van der Waals surface area contributed by atoms with Crippen LogP contribution in [0.4, 0.5) is 4.39 Å². The summed E-state index contributed by atoms with van der Waals surface area (Å²) in [6, 6.07) is 11.0. The minimum absolute atomic E-state index is 0.0682. The zero-order valence-electron chi connectivity index (χ0n) is 17.4. The fourth-order valence-electron chi connectivity index (χ4n) is 3.17. The van der Waals surface area contributed by atoms with Crippen LogP contribution in [0, 0.1) is 12.7 Å². The lowest BCUT2D eigenvalue weighted by Gasteiger charge is -2.16. The molecule has 0 bridgehead atoms. The number of nitrogens with one attached hydrogen (secondary N) is 1. The van der Waals surface area contributed by atoms with Gasteiger partial charge in [0.25, 0.3) is 5.91 Å². The largest absolute Gasteiger partial charge is 0.497 e. The second-order valence-corrected chi connectivity index (χ2v) is 7.23. The van der Waals surface area contributed by atoms with Gasteiger partial charge in [-0.3, -0.25) is 4.79 Å². The summed E-state index contributed by atoms with van der Waals surface area (Å²) < 4.78 is 25.0. The van der Waals surface area contributed by atoms with Crippen LogP contribution in [-0.2, 0) is 6.54 Å². The van der Waals surface area contributed by atoms with Crippen molar-refractivity contribution in [3.05, 3.63) is 75.8 Å². The summed E-state index contributed by atoms with van der Waals surface area (Å²) in [6.45, 7) is 1.89. The molecule has 1 heterocycles. The molecule has 0 fully saturated rings. The van der Waals surface area contributed by atoms with E-state index in [1.807, 2.05) is 0 Å². The zero-order chi connectivity index (χ0) is 22.5. The number of carbonyl (C=O) groups excluding carboxylic acids is 1. The summed E-state index contributed by atoms with van der Waals surface area (Å²) in [4.78, 5) is 12.7. The number of amides is 1. The molecule has 1 amide bonds. The number of benzene rings is 2. The van der Waals surface area contributed by atoms with Crippen LogP contribution in [0.3, 0.4) is 0 Å². The van der Waals surface area contributed by atoms with Crippen LogP contribution < -0.4 is 14.8 Å². The Bertz CT molecular complexity index is 1070. The van der Waals surface area contributed by atoms with E-state index >= 15 is 0 Å². The number of rotatable bonds is 8. The molecule has 2 N–H and O–H groups in total. The lowest BCUT2D eigenvalue weighted by Crippen LogP contribution is -2.29. The number of hydrogen-bond acceptors (Lipinski definition) is 5. The number of ether oxygens (including phenoxy) is 2. The fourth-order valence-corrected chi connectivity index (χ4v) is 3.49. The molecular formula is C22H23ClFN3O4. The topological polar surface area (TPSA) is 85.6 Å². The maximum Gasteiger partial charge on any atom is 0.256 e. The number of aliphatic hydroxyl groups is 1. The molecule has 1 atom stereocenters. The third-order valence-electron chi connectivity index (χ3n) is 4.79. The lowest BCUT2D eigenvalue weighted by molar-refractivity contribution is 0.0914. The predicted octanol–water partition coefficient (Wildman–Crippen LogP) is 3.51. The lowest BCUT2D eigenvalue weighted by atomic mass is 10.1. The van der Waals surface area contributed by atoms with Gasteiger partial charge in [-0.1, -0.05) is 23.7 Å². The molecule has 0 aliphatic rings. The van der Waals surface area contributed by atoms with Crippen LogP contribution in [-0.4, -0.2) is 41.6 Å². The van der Waals surface area contributed by atoms with Gasteiger partial charge in [0.05, 0.1) is 32.0 Å². The van der Waals surface area contributed by atoms with E-state index in [9.17, 15) is 14.3 Å². The summed E-state index contributed by atoms with van der Waals surface area (Å²) in [7, 11) is 3.02. The first kappa shape index (κ1) is 22.6. The molecule has 0 radical (unpaired) electrons. The Morgan fingerprint density at radius 2 is 1.94 bits per heavy atom. The van der Waals surface area contributed by atoms with Gasteiger partial charge in [-0.15, -0.1) is 0 Å². The number of nitrogens with zero attached hydrogens (tertiary/aromatic N) is 2. The van der Waals surface area contributed by atoms with E-state index in [-0.39, 0.29) is 29.6 Å². The molecule has 3 aromatic rings. The van der Waals surface area contributed by atoms with Gasteiger partial charge in [-0.2, -0.15) is 5.10 Å².